The number of hydrogen-bond acceptors (Lipinski definition) is 4. The van der Waals surface area contributed by atoms with Crippen molar-refractivity contribution in [3.05, 3.63) is 52.4 Å². The summed E-state index contributed by atoms with van der Waals surface area (Å²) in [4.78, 5) is 13.4. The van der Waals surface area contributed by atoms with E-state index in [0.29, 0.717) is 12.3 Å². The van der Waals surface area contributed by atoms with Gasteiger partial charge in [-0.2, -0.15) is 0 Å². The van der Waals surface area contributed by atoms with Gasteiger partial charge in [-0.25, -0.2) is 8.78 Å². The molecule has 0 aliphatic carbocycles. The zero-order chi connectivity index (χ0) is 17.4. The normalized spacial score (nSPS) is 18.0. The number of carboxylic acid groups (broad SMARTS) is 1. The van der Waals surface area contributed by atoms with Crippen molar-refractivity contribution in [1.82, 2.24) is 10.1 Å². The number of benzene rings is 1. The van der Waals surface area contributed by atoms with Crippen molar-refractivity contribution in [3.63, 3.8) is 0 Å². The van der Waals surface area contributed by atoms with E-state index >= 15 is 0 Å². The second-order valence-corrected chi connectivity index (χ2v) is 6.26. The van der Waals surface area contributed by atoms with E-state index in [9.17, 15) is 18.7 Å². The van der Waals surface area contributed by atoms with Gasteiger partial charge in [0.05, 0.1) is 12.2 Å². The summed E-state index contributed by atoms with van der Waals surface area (Å²) < 4.78 is 32.6. The van der Waals surface area contributed by atoms with Crippen molar-refractivity contribution in [2.24, 2.45) is 0 Å². The number of aromatic nitrogens is 1. The largest absolute Gasteiger partial charge is 0.480 e. The highest BCUT2D eigenvalue weighted by atomic mass is 19.2. The molecule has 1 N–H and O–H groups in total. The van der Waals surface area contributed by atoms with Crippen molar-refractivity contribution in [1.29, 1.82) is 0 Å². The first-order chi connectivity index (χ1) is 11.4. The SMILES string of the molecule is CC(C)c1cc(CN2CCc3c(ccc(F)c3F)C2C(=O)O)on1. The minimum Gasteiger partial charge on any atom is -0.480 e. The molecule has 5 nitrogen and oxygen atoms in total. The first-order valence-electron chi connectivity index (χ1n) is 7.77. The Labute approximate surface area is 137 Å². The number of halogens is 2. The molecular formula is C17H18F2N2O3. The Balaban J connectivity index is 1.91. The highest BCUT2D eigenvalue weighted by Gasteiger charge is 2.35. The molecule has 0 radical (unpaired) electrons. The molecule has 2 aromatic rings. The molecule has 0 fully saturated rings. The lowest BCUT2D eigenvalue weighted by Crippen LogP contribution is -2.39. The molecule has 7 heteroatoms. The number of nitrogens with zero attached hydrogens (tertiary/aromatic N) is 2. The molecule has 0 spiro atoms. The monoisotopic (exact) mass is 336 g/mol. The zero-order valence-corrected chi connectivity index (χ0v) is 13.4. The lowest BCUT2D eigenvalue weighted by molar-refractivity contribution is -0.144. The van der Waals surface area contributed by atoms with E-state index in [1.165, 1.54) is 6.07 Å². The van der Waals surface area contributed by atoms with Crippen LogP contribution in [-0.4, -0.2) is 27.7 Å². The fourth-order valence-electron chi connectivity index (χ4n) is 3.03. The van der Waals surface area contributed by atoms with Crippen LogP contribution in [0.25, 0.3) is 0 Å². The predicted molar refractivity (Wildman–Crippen MR) is 81.4 cm³/mol. The van der Waals surface area contributed by atoms with Crippen LogP contribution in [0.1, 0.15) is 48.4 Å². The van der Waals surface area contributed by atoms with Gasteiger partial charge in [0.2, 0.25) is 0 Å². The van der Waals surface area contributed by atoms with Gasteiger partial charge in [0.15, 0.2) is 17.4 Å². The van der Waals surface area contributed by atoms with Crippen molar-refractivity contribution >= 4 is 5.97 Å². The number of rotatable bonds is 4. The van der Waals surface area contributed by atoms with Crippen LogP contribution in [0.4, 0.5) is 8.78 Å². The third kappa shape index (κ3) is 2.91. The van der Waals surface area contributed by atoms with E-state index in [1.54, 1.807) is 11.0 Å². The van der Waals surface area contributed by atoms with Gasteiger partial charge in [-0.3, -0.25) is 9.69 Å². The maximum Gasteiger partial charge on any atom is 0.325 e. The van der Waals surface area contributed by atoms with Crippen LogP contribution in [-0.2, 0) is 17.8 Å². The van der Waals surface area contributed by atoms with Gasteiger partial charge in [0, 0.05) is 12.6 Å². The van der Waals surface area contributed by atoms with Crippen molar-refractivity contribution < 1.29 is 23.2 Å². The molecule has 1 aliphatic rings. The quantitative estimate of drug-likeness (QED) is 0.928. The Morgan fingerprint density at radius 3 is 2.83 bits per heavy atom. The number of carbonyl (C=O) groups is 1. The number of hydrogen-bond donors (Lipinski definition) is 1. The maximum atomic E-state index is 14.0. The van der Waals surface area contributed by atoms with E-state index in [4.69, 9.17) is 4.52 Å². The molecule has 0 amide bonds. The van der Waals surface area contributed by atoms with Gasteiger partial charge in [-0.05, 0) is 29.5 Å². The predicted octanol–water partition coefficient (Wildman–Crippen LogP) is 3.26. The van der Waals surface area contributed by atoms with Crippen LogP contribution in [0.5, 0.6) is 0 Å². The molecule has 1 unspecified atom stereocenters. The minimum absolute atomic E-state index is 0.138. The molecule has 24 heavy (non-hydrogen) atoms. The first kappa shape index (κ1) is 16.6. The standard InChI is InChI=1S/C17H18F2N2O3/c1-9(2)14-7-10(24-20-14)8-21-6-5-11-12(16(21)17(22)23)3-4-13(18)15(11)19/h3-4,7,9,16H,5-6,8H2,1-2H3,(H,22,23). The first-order valence-corrected chi connectivity index (χ1v) is 7.77. The average Bonchev–Trinajstić information content (AvgIpc) is 2.99. The van der Waals surface area contributed by atoms with Crippen LogP contribution in [0.2, 0.25) is 0 Å². The Morgan fingerprint density at radius 1 is 1.46 bits per heavy atom. The fraction of sp³-hybridized carbons (Fsp3) is 0.412. The molecule has 0 saturated heterocycles. The maximum absolute atomic E-state index is 14.0. The Bertz CT molecular complexity index is 773. The van der Waals surface area contributed by atoms with Gasteiger partial charge in [-0.1, -0.05) is 25.1 Å². The zero-order valence-electron chi connectivity index (χ0n) is 13.4. The van der Waals surface area contributed by atoms with E-state index < -0.39 is 23.6 Å². The van der Waals surface area contributed by atoms with Crippen LogP contribution in [0.15, 0.2) is 22.7 Å². The summed E-state index contributed by atoms with van der Waals surface area (Å²) in [6.45, 7) is 4.50. The van der Waals surface area contributed by atoms with E-state index in [-0.39, 0.29) is 30.0 Å². The van der Waals surface area contributed by atoms with Crippen molar-refractivity contribution in [2.75, 3.05) is 6.54 Å². The van der Waals surface area contributed by atoms with Gasteiger partial charge in [0.25, 0.3) is 0 Å². The topological polar surface area (TPSA) is 66.6 Å². The third-order valence-electron chi connectivity index (χ3n) is 4.30. The molecular weight excluding hydrogens is 318 g/mol. The van der Waals surface area contributed by atoms with Gasteiger partial charge in [-0.15, -0.1) is 0 Å². The van der Waals surface area contributed by atoms with E-state index in [2.05, 4.69) is 5.16 Å². The molecule has 3 rings (SSSR count). The molecule has 1 aromatic heterocycles. The molecule has 2 heterocycles. The smallest absolute Gasteiger partial charge is 0.325 e. The summed E-state index contributed by atoms with van der Waals surface area (Å²) in [5.74, 6) is -2.26. The summed E-state index contributed by atoms with van der Waals surface area (Å²) in [5.41, 5.74) is 1.22. The summed E-state index contributed by atoms with van der Waals surface area (Å²) in [6.07, 6.45) is 0.244. The Hall–Kier alpha value is -2.28. The van der Waals surface area contributed by atoms with Crippen molar-refractivity contribution in [2.45, 2.75) is 38.8 Å². The summed E-state index contributed by atoms with van der Waals surface area (Å²) in [6, 6.07) is 3.07. The van der Waals surface area contributed by atoms with E-state index in [1.807, 2.05) is 13.8 Å². The molecule has 128 valence electrons. The third-order valence-corrected chi connectivity index (χ3v) is 4.30. The summed E-state index contributed by atoms with van der Waals surface area (Å²) in [5, 5.41) is 13.5. The van der Waals surface area contributed by atoms with Crippen LogP contribution < -0.4 is 0 Å². The van der Waals surface area contributed by atoms with Crippen LogP contribution in [0.3, 0.4) is 0 Å². The Morgan fingerprint density at radius 2 is 2.21 bits per heavy atom. The number of fused-ring (bicyclic) bond motifs is 1. The average molecular weight is 336 g/mol. The van der Waals surface area contributed by atoms with Crippen LogP contribution in [0, 0.1) is 11.6 Å². The number of carboxylic acids is 1. The molecule has 1 atom stereocenters. The Kier molecular flexibility index (Phi) is 4.36. The van der Waals surface area contributed by atoms with E-state index in [0.717, 1.165) is 11.8 Å². The molecule has 0 bridgehead atoms. The second-order valence-electron chi connectivity index (χ2n) is 6.26. The van der Waals surface area contributed by atoms with Gasteiger partial charge < -0.3 is 9.63 Å². The molecule has 0 saturated carbocycles. The lowest BCUT2D eigenvalue weighted by Gasteiger charge is -2.34. The lowest BCUT2D eigenvalue weighted by atomic mass is 9.91. The van der Waals surface area contributed by atoms with Crippen LogP contribution >= 0.6 is 0 Å². The summed E-state index contributed by atoms with van der Waals surface area (Å²) in [7, 11) is 0. The van der Waals surface area contributed by atoms with Crippen molar-refractivity contribution in [3.8, 4) is 0 Å². The minimum atomic E-state index is -1.11. The highest BCUT2D eigenvalue weighted by molar-refractivity contribution is 5.76. The van der Waals surface area contributed by atoms with Gasteiger partial charge >= 0.3 is 5.97 Å². The van der Waals surface area contributed by atoms with Gasteiger partial charge in [0.1, 0.15) is 6.04 Å². The fourth-order valence-corrected chi connectivity index (χ4v) is 3.03. The molecule has 1 aromatic carbocycles. The second kappa shape index (κ2) is 6.32. The molecule has 1 aliphatic heterocycles. The highest BCUT2D eigenvalue weighted by Crippen LogP contribution is 2.33. The number of aliphatic carboxylic acids is 1. The summed E-state index contributed by atoms with van der Waals surface area (Å²) >= 11 is 0.